The highest BCUT2D eigenvalue weighted by molar-refractivity contribution is 6.08. The molecule has 3 aromatic rings. The van der Waals surface area contributed by atoms with Crippen molar-refractivity contribution in [1.29, 1.82) is 0 Å². The summed E-state index contributed by atoms with van der Waals surface area (Å²) in [5.41, 5.74) is 2.19. The number of nitrogens with zero attached hydrogens (tertiary/aromatic N) is 1. The third kappa shape index (κ3) is 1.54. The molecule has 1 aromatic heterocycles. The Balaban J connectivity index is 2.04. The lowest BCUT2D eigenvalue weighted by molar-refractivity contribution is 0.174. The second-order valence-electron chi connectivity index (χ2n) is 6.16. The smallest absolute Gasteiger partial charge is 0.259 e. The predicted octanol–water partition coefficient (Wildman–Crippen LogP) is 3.01. The summed E-state index contributed by atoms with van der Waals surface area (Å²) in [7, 11) is 1.67. The highest BCUT2D eigenvalue weighted by Crippen LogP contribution is 2.41. The summed E-state index contributed by atoms with van der Waals surface area (Å²) >= 11 is 0. The predicted molar refractivity (Wildman–Crippen MR) is 86.8 cm³/mol. The van der Waals surface area contributed by atoms with Crippen molar-refractivity contribution in [2.45, 2.75) is 19.4 Å². The topological polar surface area (TPSA) is 49.7 Å². The van der Waals surface area contributed by atoms with Crippen LogP contribution in [0.4, 0.5) is 0 Å². The summed E-state index contributed by atoms with van der Waals surface area (Å²) in [5.74, 6) is 2.13. The van der Waals surface area contributed by atoms with Crippen molar-refractivity contribution in [3.8, 4) is 17.2 Å². The number of hydrogen-bond acceptors (Lipinski definition) is 4. The third-order valence-corrected chi connectivity index (χ3v) is 4.85. The Hall–Kier alpha value is -2.69. The van der Waals surface area contributed by atoms with Gasteiger partial charge in [-0.25, -0.2) is 0 Å². The fraction of sp³-hybridized carbons (Fsp3) is 0.278. The molecule has 0 N–H and O–H groups in total. The summed E-state index contributed by atoms with van der Waals surface area (Å²) in [6.45, 7) is 2.27. The number of pyridine rings is 1. The van der Waals surface area contributed by atoms with Crippen LogP contribution >= 0.6 is 0 Å². The van der Waals surface area contributed by atoms with Gasteiger partial charge in [-0.3, -0.25) is 4.79 Å². The van der Waals surface area contributed by atoms with Crippen molar-refractivity contribution in [2.75, 3.05) is 13.9 Å². The van der Waals surface area contributed by atoms with E-state index in [0.717, 1.165) is 34.0 Å². The van der Waals surface area contributed by atoms with Crippen molar-refractivity contribution >= 4 is 21.7 Å². The average Bonchev–Trinajstić information content (AvgIpc) is 3.13. The lowest BCUT2D eigenvalue weighted by Gasteiger charge is -2.13. The van der Waals surface area contributed by atoms with Gasteiger partial charge in [0.15, 0.2) is 11.5 Å². The molecule has 116 valence electrons. The normalized spacial score (nSPS) is 18.1. The van der Waals surface area contributed by atoms with Gasteiger partial charge in [-0.2, -0.15) is 0 Å². The Morgan fingerprint density at radius 1 is 1.09 bits per heavy atom. The van der Waals surface area contributed by atoms with Gasteiger partial charge in [0.25, 0.3) is 5.56 Å². The van der Waals surface area contributed by atoms with Gasteiger partial charge in [0, 0.05) is 16.8 Å². The summed E-state index contributed by atoms with van der Waals surface area (Å²) < 4.78 is 18.3. The van der Waals surface area contributed by atoms with Crippen LogP contribution in [0, 0.1) is 0 Å². The standard InChI is InChI=1S/C18H15NO4/c1-9-3-10-4-11(21-2)5-13-12-6-15-16(23-8-22-15)7-14(12)18(20)19(9)17(10)13/h4-7,9H,3,8H2,1-2H3. The summed E-state index contributed by atoms with van der Waals surface area (Å²) in [6.07, 6.45) is 0.839. The molecule has 2 aliphatic rings. The van der Waals surface area contributed by atoms with E-state index in [-0.39, 0.29) is 18.4 Å². The minimum Gasteiger partial charge on any atom is -0.497 e. The molecule has 0 bridgehead atoms. The zero-order valence-electron chi connectivity index (χ0n) is 12.9. The maximum absolute atomic E-state index is 13.0. The van der Waals surface area contributed by atoms with Crippen LogP contribution in [0.3, 0.4) is 0 Å². The Morgan fingerprint density at radius 2 is 1.83 bits per heavy atom. The fourth-order valence-corrected chi connectivity index (χ4v) is 3.83. The highest BCUT2D eigenvalue weighted by atomic mass is 16.7. The molecule has 23 heavy (non-hydrogen) atoms. The number of aromatic nitrogens is 1. The summed E-state index contributed by atoms with van der Waals surface area (Å²) in [5, 5.41) is 2.58. The van der Waals surface area contributed by atoms with Gasteiger partial charge in [0.1, 0.15) is 5.75 Å². The molecule has 0 fully saturated rings. The number of fused-ring (bicyclic) bond motifs is 3. The lowest BCUT2D eigenvalue weighted by Crippen LogP contribution is -2.21. The number of rotatable bonds is 1. The molecule has 1 atom stereocenters. The van der Waals surface area contributed by atoms with Crippen LogP contribution in [-0.2, 0) is 6.42 Å². The highest BCUT2D eigenvalue weighted by Gasteiger charge is 2.27. The SMILES string of the molecule is COc1cc2c3c(c1)c1cc4c(cc1c(=O)n3C(C)C2)OCO4. The molecule has 0 radical (unpaired) electrons. The van der Waals surface area contributed by atoms with Crippen molar-refractivity contribution in [1.82, 2.24) is 4.57 Å². The summed E-state index contributed by atoms with van der Waals surface area (Å²) in [4.78, 5) is 13.0. The zero-order chi connectivity index (χ0) is 15.7. The molecule has 0 saturated heterocycles. The molecule has 3 heterocycles. The Labute approximate surface area is 132 Å². The lowest BCUT2D eigenvalue weighted by atomic mass is 10.0. The molecular weight excluding hydrogens is 294 g/mol. The Bertz CT molecular complexity index is 1050. The third-order valence-electron chi connectivity index (χ3n) is 4.85. The maximum atomic E-state index is 13.0. The van der Waals surface area contributed by atoms with E-state index >= 15 is 0 Å². The van der Waals surface area contributed by atoms with Crippen LogP contribution in [0.2, 0.25) is 0 Å². The van der Waals surface area contributed by atoms with Crippen LogP contribution in [0.1, 0.15) is 18.5 Å². The maximum Gasteiger partial charge on any atom is 0.259 e. The minimum atomic E-state index is 0.0298. The number of methoxy groups -OCH3 is 1. The van der Waals surface area contributed by atoms with Crippen molar-refractivity contribution < 1.29 is 14.2 Å². The monoisotopic (exact) mass is 309 g/mol. The first-order valence-corrected chi connectivity index (χ1v) is 7.66. The molecule has 0 aliphatic carbocycles. The first kappa shape index (κ1) is 12.8. The van der Waals surface area contributed by atoms with Crippen LogP contribution in [0.25, 0.3) is 21.7 Å². The van der Waals surface area contributed by atoms with E-state index in [2.05, 4.69) is 6.92 Å². The second-order valence-corrected chi connectivity index (χ2v) is 6.16. The largest absolute Gasteiger partial charge is 0.497 e. The van der Waals surface area contributed by atoms with Crippen molar-refractivity contribution in [3.05, 3.63) is 40.2 Å². The van der Waals surface area contributed by atoms with E-state index in [1.807, 2.05) is 22.8 Å². The van der Waals surface area contributed by atoms with E-state index in [1.165, 1.54) is 0 Å². The Morgan fingerprint density at radius 3 is 2.57 bits per heavy atom. The van der Waals surface area contributed by atoms with E-state index in [1.54, 1.807) is 13.2 Å². The van der Waals surface area contributed by atoms with Crippen LogP contribution < -0.4 is 19.8 Å². The first-order valence-electron chi connectivity index (χ1n) is 7.66. The van der Waals surface area contributed by atoms with Gasteiger partial charge in [-0.1, -0.05) is 0 Å². The van der Waals surface area contributed by atoms with E-state index in [4.69, 9.17) is 14.2 Å². The van der Waals surface area contributed by atoms with Crippen LogP contribution in [-0.4, -0.2) is 18.5 Å². The van der Waals surface area contributed by atoms with E-state index in [9.17, 15) is 4.79 Å². The van der Waals surface area contributed by atoms with E-state index < -0.39 is 0 Å². The molecule has 1 unspecified atom stereocenters. The van der Waals surface area contributed by atoms with Gasteiger partial charge >= 0.3 is 0 Å². The quantitative estimate of drug-likeness (QED) is 0.648. The minimum absolute atomic E-state index is 0.0298. The molecule has 0 saturated carbocycles. The first-order chi connectivity index (χ1) is 11.2. The van der Waals surface area contributed by atoms with E-state index in [0.29, 0.717) is 16.9 Å². The van der Waals surface area contributed by atoms with Crippen molar-refractivity contribution in [3.63, 3.8) is 0 Å². The van der Waals surface area contributed by atoms with Gasteiger partial charge in [0.2, 0.25) is 6.79 Å². The molecule has 5 rings (SSSR count). The molecule has 2 aliphatic heterocycles. The van der Waals surface area contributed by atoms with Crippen molar-refractivity contribution in [2.24, 2.45) is 0 Å². The van der Waals surface area contributed by atoms with Gasteiger partial charge < -0.3 is 18.8 Å². The number of hydrogen-bond donors (Lipinski definition) is 0. The average molecular weight is 309 g/mol. The van der Waals surface area contributed by atoms with Gasteiger partial charge in [-0.15, -0.1) is 0 Å². The van der Waals surface area contributed by atoms with Gasteiger partial charge in [0.05, 0.1) is 18.0 Å². The van der Waals surface area contributed by atoms with Crippen LogP contribution in [0.5, 0.6) is 17.2 Å². The van der Waals surface area contributed by atoms with Crippen LogP contribution in [0.15, 0.2) is 29.1 Å². The second kappa shape index (κ2) is 4.19. The molecule has 5 heteroatoms. The molecule has 0 spiro atoms. The summed E-state index contributed by atoms with van der Waals surface area (Å²) in [6, 6.07) is 7.87. The molecule has 2 aromatic carbocycles. The Kier molecular flexibility index (Phi) is 2.33. The number of benzene rings is 2. The fourth-order valence-electron chi connectivity index (χ4n) is 3.83. The number of ether oxygens (including phenoxy) is 3. The zero-order valence-corrected chi connectivity index (χ0v) is 12.9. The molecule has 0 amide bonds. The molecule has 5 nitrogen and oxygen atoms in total. The van der Waals surface area contributed by atoms with Gasteiger partial charge in [-0.05, 0) is 43.2 Å². The molecular formula is C18H15NO4.